The summed E-state index contributed by atoms with van der Waals surface area (Å²) in [6.45, 7) is 6.81. The first-order valence-electron chi connectivity index (χ1n) is 6.13. The van der Waals surface area contributed by atoms with Crippen molar-refractivity contribution in [1.29, 1.82) is 0 Å². The monoisotopic (exact) mass is 245 g/mol. The molecular weight excluding hydrogens is 226 g/mol. The van der Waals surface area contributed by atoms with Crippen LogP contribution in [0.2, 0.25) is 0 Å². The summed E-state index contributed by atoms with van der Waals surface area (Å²) in [5.74, 6) is 0.708. The highest BCUT2D eigenvalue weighted by Gasteiger charge is 2.14. The van der Waals surface area contributed by atoms with E-state index in [4.69, 9.17) is 0 Å². The maximum Gasteiger partial charge on any atom is 0.260 e. The number of hydrogen-bond acceptors (Lipinski definition) is 3. The van der Waals surface area contributed by atoms with Crippen LogP contribution < -0.4 is 10.9 Å². The smallest absolute Gasteiger partial charge is 0.260 e. The number of amidine groups is 1. The Morgan fingerprint density at radius 2 is 1.83 bits per heavy atom. The molecule has 1 amide bonds. The van der Waals surface area contributed by atoms with Crippen LogP contribution in [0.25, 0.3) is 0 Å². The van der Waals surface area contributed by atoms with Crippen LogP contribution in [0.5, 0.6) is 0 Å². The summed E-state index contributed by atoms with van der Waals surface area (Å²) in [6, 6.07) is 8.52. The van der Waals surface area contributed by atoms with Gasteiger partial charge >= 0.3 is 0 Å². The van der Waals surface area contributed by atoms with Gasteiger partial charge in [-0.1, -0.05) is 45.0 Å². The van der Waals surface area contributed by atoms with Crippen molar-refractivity contribution in [2.45, 2.75) is 32.6 Å². The predicted octanol–water partition coefficient (Wildman–Crippen LogP) is 1.56. The Labute approximate surface area is 107 Å². The van der Waals surface area contributed by atoms with E-state index in [1.165, 1.54) is 11.1 Å². The number of carbonyl (C=O) groups excluding carboxylic acids is 1. The SMILES string of the molecule is CC(C)(C)c1ccc(CC2=NCC(=O)NN2)cc1. The van der Waals surface area contributed by atoms with Crippen molar-refractivity contribution in [1.82, 2.24) is 10.9 Å². The van der Waals surface area contributed by atoms with Crippen molar-refractivity contribution in [3.05, 3.63) is 35.4 Å². The first-order chi connectivity index (χ1) is 8.45. The average Bonchev–Trinajstić information content (AvgIpc) is 2.32. The lowest BCUT2D eigenvalue weighted by Crippen LogP contribution is -2.47. The van der Waals surface area contributed by atoms with E-state index in [0.29, 0.717) is 6.42 Å². The zero-order valence-electron chi connectivity index (χ0n) is 11.1. The summed E-state index contributed by atoms with van der Waals surface area (Å²) < 4.78 is 0. The molecule has 1 aromatic carbocycles. The Bertz CT molecular complexity index is 469. The van der Waals surface area contributed by atoms with E-state index in [-0.39, 0.29) is 17.9 Å². The molecule has 4 nitrogen and oxygen atoms in total. The number of benzene rings is 1. The lowest BCUT2D eigenvalue weighted by molar-refractivity contribution is -0.120. The lowest BCUT2D eigenvalue weighted by atomic mass is 9.86. The molecule has 0 spiro atoms. The molecule has 0 saturated carbocycles. The molecule has 0 bridgehead atoms. The predicted molar refractivity (Wildman–Crippen MR) is 72.4 cm³/mol. The molecule has 0 atom stereocenters. The number of nitrogens with one attached hydrogen (secondary N) is 2. The summed E-state index contributed by atoms with van der Waals surface area (Å²) in [6.07, 6.45) is 0.713. The lowest BCUT2D eigenvalue weighted by Gasteiger charge is -2.19. The van der Waals surface area contributed by atoms with Gasteiger partial charge in [-0.05, 0) is 16.5 Å². The fourth-order valence-corrected chi connectivity index (χ4v) is 1.80. The quantitative estimate of drug-likeness (QED) is 0.830. The largest absolute Gasteiger partial charge is 0.285 e. The number of nitrogens with zero attached hydrogens (tertiary/aromatic N) is 1. The first-order valence-corrected chi connectivity index (χ1v) is 6.13. The second kappa shape index (κ2) is 4.80. The molecule has 0 aromatic heterocycles. The van der Waals surface area contributed by atoms with Crippen LogP contribution in [0.15, 0.2) is 29.3 Å². The van der Waals surface area contributed by atoms with Crippen molar-refractivity contribution in [2.75, 3.05) is 6.54 Å². The topological polar surface area (TPSA) is 53.5 Å². The van der Waals surface area contributed by atoms with Gasteiger partial charge in [0.1, 0.15) is 12.4 Å². The number of rotatable bonds is 2. The van der Waals surface area contributed by atoms with Gasteiger partial charge in [0, 0.05) is 6.42 Å². The molecule has 0 aliphatic carbocycles. The van der Waals surface area contributed by atoms with E-state index < -0.39 is 0 Å². The number of hydrazine groups is 1. The number of aliphatic imine (C=N–C) groups is 1. The van der Waals surface area contributed by atoms with Gasteiger partial charge < -0.3 is 0 Å². The summed E-state index contributed by atoms with van der Waals surface area (Å²) in [5, 5.41) is 0. The minimum atomic E-state index is -0.0955. The Kier molecular flexibility index (Phi) is 3.36. The fourth-order valence-electron chi connectivity index (χ4n) is 1.80. The molecule has 0 unspecified atom stereocenters. The molecule has 18 heavy (non-hydrogen) atoms. The average molecular weight is 245 g/mol. The molecule has 1 heterocycles. The van der Waals surface area contributed by atoms with E-state index >= 15 is 0 Å². The van der Waals surface area contributed by atoms with Crippen LogP contribution in [-0.4, -0.2) is 18.3 Å². The van der Waals surface area contributed by atoms with Gasteiger partial charge in [0.05, 0.1) is 0 Å². The van der Waals surface area contributed by atoms with Gasteiger partial charge in [0.2, 0.25) is 0 Å². The molecule has 4 heteroatoms. The van der Waals surface area contributed by atoms with E-state index in [1.807, 2.05) is 0 Å². The Morgan fingerprint density at radius 3 is 2.33 bits per heavy atom. The first kappa shape index (κ1) is 12.6. The molecule has 2 N–H and O–H groups in total. The van der Waals surface area contributed by atoms with E-state index in [1.54, 1.807) is 0 Å². The van der Waals surface area contributed by atoms with Crippen LogP contribution in [0.1, 0.15) is 31.9 Å². The van der Waals surface area contributed by atoms with Crippen molar-refractivity contribution in [3.8, 4) is 0 Å². The third-order valence-corrected chi connectivity index (χ3v) is 2.95. The van der Waals surface area contributed by atoms with Gasteiger partial charge in [-0.2, -0.15) is 0 Å². The molecule has 2 rings (SSSR count). The van der Waals surface area contributed by atoms with Gasteiger partial charge in [-0.3, -0.25) is 20.6 Å². The van der Waals surface area contributed by atoms with Crippen LogP contribution in [0, 0.1) is 0 Å². The molecule has 1 aromatic rings. The summed E-state index contributed by atoms with van der Waals surface area (Å²) in [5.41, 5.74) is 8.06. The minimum absolute atomic E-state index is 0.0955. The Balaban J connectivity index is 2.05. The summed E-state index contributed by atoms with van der Waals surface area (Å²) >= 11 is 0. The molecule has 0 radical (unpaired) electrons. The highest BCUT2D eigenvalue weighted by Crippen LogP contribution is 2.22. The number of carbonyl (C=O) groups is 1. The summed E-state index contributed by atoms with van der Waals surface area (Å²) in [4.78, 5) is 15.1. The van der Waals surface area contributed by atoms with Crippen molar-refractivity contribution >= 4 is 11.7 Å². The second-order valence-electron chi connectivity index (χ2n) is 5.56. The van der Waals surface area contributed by atoms with Gasteiger partial charge in [-0.25, -0.2) is 0 Å². The van der Waals surface area contributed by atoms with Crippen molar-refractivity contribution < 1.29 is 4.79 Å². The van der Waals surface area contributed by atoms with Crippen LogP contribution in [-0.2, 0) is 16.6 Å². The van der Waals surface area contributed by atoms with E-state index in [0.717, 1.165) is 5.84 Å². The fraction of sp³-hybridized carbons (Fsp3) is 0.429. The molecule has 1 aliphatic rings. The van der Waals surface area contributed by atoms with Crippen LogP contribution >= 0.6 is 0 Å². The van der Waals surface area contributed by atoms with Gasteiger partial charge in [0.25, 0.3) is 5.91 Å². The second-order valence-corrected chi connectivity index (χ2v) is 5.56. The summed E-state index contributed by atoms with van der Waals surface area (Å²) in [7, 11) is 0. The zero-order valence-corrected chi connectivity index (χ0v) is 11.1. The van der Waals surface area contributed by atoms with Gasteiger partial charge in [0.15, 0.2) is 0 Å². The number of hydrogen-bond donors (Lipinski definition) is 2. The normalized spacial score (nSPS) is 15.7. The van der Waals surface area contributed by atoms with E-state index in [9.17, 15) is 4.79 Å². The number of amides is 1. The Hall–Kier alpha value is -1.84. The zero-order chi connectivity index (χ0) is 13.2. The highest BCUT2D eigenvalue weighted by atomic mass is 16.2. The van der Waals surface area contributed by atoms with Crippen LogP contribution in [0.3, 0.4) is 0 Å². The maximum atomic E-state index is 10.9. The van der Waals surface area contributed by atoms with Crippen molar-refractivity contribution in [2.24, 2.45) is 4.99 Å². The molecule has 96 valence electrons. The van der Waals surface area contributed by atoms with Crippen LogP contribution in [0.4, 0.5) is 0 Å². The standard InChI is InChI=1S/C14H19N3O/c1-14(2,3)11-6-4-10(5-7-11)8-12-15-9-13(18)17-16-12/h4-7H,8-9H2,1-3H3,(H,15,16)(H,17,18). The van der Waals surface area contributed by atoms with Gasteiger partial charge in [-0.15, -0.1) is 0 Å². The van der Waals surface area contributed by atoms with E-state index in [2.05, 4.69) is 60.9 Å². The molecule has 1 aliphatic heterocycles. The minimum Gasteiger partial charge on any atom is -0.285 e. The van der Waals surface area contributed by atoms with Crippen molar-refractivity contribution in [3.63, 3.8) is 0 Å². The maximum absolute atomic E-state index is 10.9. The highest BCUT2D eigenvalue weighted by molar-refractivity contribution is 5.92. The molecular formula is C14H19N3O. The molecule has 0 saturated heterocycles. The third kappa shape index (κ3) is 3.09. The third-order valence-electron chi connectivity index (χ3n) is 2.95. The Morgan fingerprint density at radius 1 is 1.17 bits per heavy atom. The molecule has 0 fully saturated rings.